The molecule has 1 aromatic rings. The Morgan fingerprint density at radius 3 is 2.53 bits per heavy atom. The number of carbonyl (C=O) groups excluding carboxylic acids is 1. The lowest BCUT2D eigenvalue weighted by molar-refractivity contribution is 0.0739. The highest BCUT2D eigenvalue weighted by Crippen LogP contribution is 2.06. The molecular weight excluding hydrogens is 192 g/mol. The molecule has 0 atom stereocenters. The predicted molar refractivity (Wildman–Crippen MR) is 54.9 cm³/mol. The van der Waals surface area contributed by atoms with Crippen molar-refractivity contribution in [1.29, 1.82) is 0 Å². The third kappa shape index (κ3) is 2.73. The van der Waals surface area contributed by atoms with Gasteiger partial charge in [-0.2, -0.15) is 0 Å². The second-order valence-corrected chi connectivity index (χ2v) is 3.56. The van der Waals surface area contributed by atoms with Crippen LogP contribution >= 0.6 is 0 Å². The molecule has 1 amide bonds. The van der Waals surface area contributed by atoms with Crippen molar-refractivity contribution in [2.45, 2.75) is 19.3 Å². The Hall–Kier alpha value is -1.49. The Kier molecular flexibility index (Phi) is 3.24. The fourth-order valence-corrected chi connectivity index (χ4v) is 1.62. The molecule has 15 heavy (non-hydrogen) atoms. The number of aromatic nitrogens is 2. The van der Waals surface area contributed by atoms with Crippen molar-refractivity contribution >= 4 is 5.91 Å². The number of nitrogens with one attached hydrogen (secondary N) is 1. The number of nitrogens with zero attached hydrogens (tertiary/aromatic N) is 3. The lowest BCUT2D eigenvalue weighted by Crippen LogP contribution is -2.45. The molecule has 1 fully saturated rings. The van der Waals surface area contributed by atoms with Gasteiger partial charge in [-0.05, 0) is 18.9 Å². The molecule has 1 aliphatic rings. The summed E-state index contributed by atoms with van der Waals surface area (Å²) in [6.45, 7) is 1.83. The lowest BCUT2D eigenvalue weighted by Gasteiger charge is -2.26. The number of carbonyl (C=O) groups is 1. The minimum atomic E-state index is -0.225. The zero-order valence-corrected chi connectivity index (χ0v) is 8.52. The summed E-state index contributed by atoms with van der Waals surface area (Å²) < 4.78 is 0. The van der Waals surface area contributed by atoms with E-state index in [4.69, 9.17) is 0 Å². The van der Waals surface area contributed by atoms with Crippen LogP contribution in [0.4, 0.5) is 0 Å². The van der Waals surface area contributed by atoms with Crippen LogP contribution in [0.5, 0.6) is 0 Å². The fraction of sp³-hybridized carbons (Fsp3) is 0.500. The normalized spacial score (nSPS) is 17.3. The molecule has 1 aromatic heterocycles. The van der Waals surface area contributed by atoms with E-state index in [0.717, 1.165) is 25.9 Å². The molecule has 0 aliphatic carbocycles. The first-order valence-electron chi connectivity index (χ1n) is 5.19. The Labute approximate surface area is 88.5 Å². The summed E-state index contributed by atoms with van der Waals surface area (Å²) in [6.07, 6.45) is 6.65. The molecule has 0 bridgehead atoms. The van der Waals surface area contributed by atoms with E-state index in [1.54, 1.807) is 18.5 Å². The second-order valence-electron chi connectivity index (χ2n) is 3.56. The van der Waals surface area contributed by atoms with Crippen LogP contribution in [0.3, 0.4) is 0 Å². The van der Waals surface area contributed by atoms with E-state index < -0.39 is 0 Å². The molecule has 80 valence electrons. The number of hydrogen-bond acceptors (Lipinski definition) is 4. The van der Waals surface area contributed by atoms with Gasteiger partial charge in [0, 0.05) is 25.5 Å². The summed E-state index contributed by atoms with van der Waals surface area (Å²) >= 11 is 0. The highest BCUT2D eigenvalue weighted by Gasteiger charge is 2.15. The first-order chi connectivity index (χ1) is 7.36. The average Bonchev–Trinajstić information content (AvgIpc) is 2.31. The van der Waals surface area contributed by atoms with E-state index >= 15 is 0 Å². The molecule has 0 aromatic carbocycles. The maximum absolute atomic E-state index is 11.6. The van der Waals surface area contributed by atoms with Crippen molar-refractivity contribution in [2.24, 2.45) is 0 Å². The van der Waals surface area contributed by atoms with Crippen molar-refractivity contribution in [2.75, 3.05) is 13.1 Å². The van der Waals surface area contributed by atoms with Gasteiger partial charge in [0.1, 0.15) is 0 Å². The van der Waals surface area contributed by atoms with E-state index in [1.165, 1.54) is 6.42 Å². The summed E-state index contributed by atoms with van der Waals surface area (Å²) in [5, 5.41) is 1.93. The van der Waals surface area contributed by atoms with Crippen molar-refractivity contribution in [3.8, 4) is 0 Å². The van der Waals surface area contributed by atoms with Gasteiger partial charge in [0.05, 0.1) is 0 Å². The molecule has 1 N–H and O–H groups in total. The smallest absolute Gasteiger partial charge is 0.282 e. The number of hydrogen-bond donors (Lipinski definition) is 1. The van der Waals surface area contributed by atoms with Gasteiger partial charge < -0.3 is 0 Å². The maximum atomic E-state index is 11.6. The molecule has 2 heterocycles. The van der Waals surface area contributed by atoms with Crippen LogP contribution in [0.25, 0.3) is 0 Å². The summed E-state index contributed by atoms with van der Waals surface area (Å²) in [5.41, 5.74) is 2.80. The van der Waals surface area contributed by atoms with Crippen molar-refractivity contribution in [3.05, 3.63) is 24.3 Å². The van der Waals surface area contributed by atoms with Crippen LogP contribution in [0.2, 0.25) is 0 Å². The standard InChI is InChI=1S/C10H14N4O/c15-10(9-11-5-4-6-12-9)13-14-7-2-1-3-8-14/h4-6H,1-3,7-8H2,(H,13,15). The Balaban J connectivity index is 1.91. The number of rotatable bonds is 2. The molecule has 0 radical (unpaired) electrons. The minimum absolute atomic E-state index is 0.225. The van der Waals surface area contributed by atoms with Crippen molar-refractivity contribution < 1.29 is 4.79 Å². The lowest BCUT2D eigenvalue weighted by atomic mass is 10.2. The first-order valence-corrected chi connectivity index (χ1v) is 5.19. The van der Waals surface area contributed by atoms with Crippen LogP contribution in [-0.4, -0.2) is 34.0 Å². The van der Waals surface area contributed by atoms with Gasteiger partial charge in [-0.3, -0.25) is 10.2 Å². The van der Waals surface area contributed by atoms with Gasteiger partial charge in [0.15, 0.2) is 0 Å². The Morgan fingerprint density at radius 1 is 1.20 bits per heavy atom. The Bertz CT molecular complexity index is 321. The summed E-state index contributed by atoms with van der Waals surface area (Å²) in [4.78, 5) is 19.4. The topological polar surface area (TPSA) is 58.1 Å². The van der Waals surface area contributed by atoms with Crippen molar-refractivity contribution in [1.82, 2.24) is 20.4 Å². The van der Waals surface area contributed by atoms with Crippen molar-refractivity contribution in [3.63, 3.8) is 0 Å². The fourth-order valence-electron chi connectivity index (χ4n) is 1.62. The van der Waals surface area contributed by atoms with Gasteiger partial charge in [0.25, 0.3) is 0 Å². The van der Waals surface area contributed by atoms with Crippen LogP contribution in [0.1, 0.15) is 29.9 Å². The van der Waals surface area contributed by atoms with Gasteiger partial charge in [0.2, 0.25) is 5.82 Å². The number of amides is 1. The van der Waals surface area contributed by atoms with Gasteiger partial charge in [-0.1, -0.05) is 6.42 Å². The van der Waals surface area contributed by atoms with Gasteiger partial charge in [-0.25, -0.2) is 15.0 Å². The summed E-state index contributed by atoms with van der Waals surface area (Å²) in [7, 11) is 0. The molecule has 1 saturated heterocycles. The maximum Gasteiger partial charge on any atom is 0.303 e. The summed E-state index contributed by atoms with van der Waals surface area (Å²) in [6, 6.07) is 1.69. The third-order valence-corrected chi connectivity index (χ3v) is 2.38. The van der Waals surface area contributed by atoms with Gasteiger partial charge >= 0.3 is 5.91 Å². The molecular formula is C10H14N4O. The minimum Gasteiger partial charge on any atom is -0.282 e. The van der Waals surface area contributed by atoms with E-state index in [2.05, 4.69) is 15.4 Å². The monoisotopic (exact) mass is 206 g/mol. The molecule has 2 rings (SSSR count). The SMILES string of the molecule is O=C(NN1CCCCC1)c1ncccn1. The molecule has 5 heteroatoms. The highest BCUT2D eigenvalue weighted by molar-refractivity contribution is 5.89. The van der Waals surface area contributed by atoms with Crippen LogP contribution < -0.4 is 5.43 Å². The zero-order valence-electron chi connectivity index (χ0n) is 8.52. The molecule has 5 nitrogen and oxygen atoms in total. The van der Waals surface area contributed by atoms with Crippen LogP contribution in [0.15, 0.2) is 18.5 Å². The van der Waals surface area contributed by atoms with E-state index in [0.29, 0.717) is 0 Å². The average molecular weight is 206 g/mol. The van der Waals surface area contributed by atoms with E-state index in [9.17, 15) is 4.79 Å². The molecule has 0 saturated carbocycles. The molecule has 0 unspecified atom stereocenters. The summed E-state index contributed by atoms with van der Waals surface area (Å²) in [5.74, 6) is 0.000531. The first kappa shape index (κ1) is 10.0. The third-order valence-electron chi connectivity index (χ3n) is 2.38. The Morgan fingerprint density at radius 2 is 1.87 bits per heavy atom. The zero-order chi connectivity index (χ0) is 10.5. The second kappa shape index (κ2) is 4.84. The largest absolute Gasteiger partial charge is 0.303 e. The van der Waals surface area contributed by atoms with E-state index in [1.807, 2.05) is 5.01 Å². The quantitative estimate of drug-likeness (QED) is 0.770. The van der Waals surface area contributed by atoms with E-state index in [-0.39, 0.29) is 11.7 Å². The van der Waals surface area contributed by atoms with Crippen LogP contribution in [0, 0.1) is 0 Å². The number of hydrazine groups is 1. The van der Waals surface area contributed by atoms with Gasteiger partial charge in [-0.15, -0.1) is 0 Å². The van der Waals surface area contributed by atoms with Crippen LogP contribution in [-0.2, 0) is 0 Å². The molecule has 0 spiro atoms. The highest BCUT2D eigenvalue weighted by atomic mass is 16.2. The predicted octanol–water partition coefficient (Wildman–Crippen LogP) is 0.607. The number of piperidine rings is 1. The molecule has 1 aliphatic heterocycles.